The molecule has 0 amide bonds. The Hall–Kier alpha value is -8.02. The number of alkyl halides is 3. The maximum Gasteiger partial charge on any atom is 0.416 e. The molecule has 0 radical (unpaired) electrons. The third-order valence-electron chi connectivity index (χ3n) is 15.2. The monoisotopic (exact) mass is 1530 g/mol. The zero-order chi connectivity index (χ0) is 71.8. The topological polar surface area (TPSA) is 89.2 Å². The summed E-state index contributed by atoms with van der Waals surface area (Å²) in [5.74, 6) is 0. The molecule has 0 unspecified atom stereocenters. The smallest absolute Gasteiger partial charge is 0.318 e. The van der Waals surface area contributed by atoms with E-state index < -0.39 is 11.7 Å². The standard InChI is InChI=1S/C14H17N.C13H13N.C9H6N2.C8H8Br2.C8H8Cl2.C8H7F3.C8H7N.C7H7Br.C7H7Cl/c1-10-6-5-7-14(13(10)4)15-11(2)8-9-12(15)3;1-10-6-5-7-12(11(10)2)13-8-3-4-9-14-13;1-7-8(5-10)3-2-4-9(7)6-11;2*1-5-3-7(9)4-8(10)6(5)2;1-6-4-2-3-5-7(6)8(9,10)11;1-7-4-2-3-5-8(7)6-9;2*1-6-4-2-3-5-7(6)8/h5-9H,1-4H3;3-9H,1-2H3;2-4H,1H3;2*3-4H,1-2H3;2-5H,1H3;2-5H,1H3;2*2-5H,1H3. The van der Waals surface area contributed by atoms with E-state index in [1.54, 1.807) is 37.3 Å². The zero-order valence-electron chi connectivity index (χ0n) is 56.8. The van der Waals surface area contributed by atoms with Crippen molar-refractivity contribution in [2.24, 2.45) is 0 Å². The van der Waals surface area contributed by atoms with E-state index >= 15 is 0 Å². The molecule has 14 heteroatoms. The van der Waals surface area contributed by atoms with Crippen LogP contribution in [-0.4, -0.2) is 9.55 Å². The lowest BCUT2D eigenvalue weighted by Gasteiger charge is -2.14. The van der Waals surface area contributed by atoms with Crippen molar-refractivity contribution in [3.63, 3.8) is 0 Å². The molecular formula is C82H80Br3Cl3F3N5. The highest BCUT2D eigenvalue weighted by atomic mass is 79.9. The first kappa shape index (κ1) is 82.2. The maximum atomic E-state index is 12.0. The summed E-state index contributed by atoms with van der Waals surface area (Å²) in [6, 6.07) is 71.2. The van der Waals surface area contributed by atoms with Crippen LogP contribution in [-0.2, 0) is 6.18 Å². The van der Waals surface area contributed by atoms with E-state index in [1.165, 1.54) is 89.6 Å². The van der Waals surface area contributed by atoms with Gasteiger partial charge < -0.3 is 4.57 Å². The fraction of sp³-hybridized carbons (Fsp3) is 0.195. The van der Waals surface area contributed by atoms with Gasteiger partial charge in [-0.05, 0) is 267 Å². The van der Waals surface area contributed by atoms with Gasteiger partial charge in [0.2, 0.25) is 0 Å². The second-order valence-corrected chi connectivity index (χ2v) is 26.1. The first-order valence-corrected chi connectivity index (χ1v) is 33.8. The first-order valence-electron chi connectivity index (χ1n) is 30.3. The van der Waals surface area contributed by atoms with Crippen molar-refractivity contribution in [2.75, 3.05) is 0 Å². The lowest BCUT2D eigenvalue weighted by molar-refractivity contribution is -0.138. The van der Waals surface area contributed by atoms with Crippen molar-refractivity contribution in [3.8, 4) is 35.2 Å². The Kier molecular flexibility index (Phi) is 35.8. The molecule has 0 atom stereocenters. The molecule has 2 heterocycles. The van der Waals surface area contributed by atoms with E-state index in [0.717, 1.165) is 59.7 Å². The molecule has 0 saturated carbocycles. The summed E-state index contributed by atoms with van der Waals surface area (Å²) in [6.45, 7) is 30.3. The number of pyridine rings is 1. The number of hydrogen-bond acceptors (Lipinski definition) is 4. The van der Waals surface area contributed by atoms with E-state index in [4.69, 9.17) is 50.6 Å². The second-order valence-electron chi connectivity index (χ2n) is 22.2. The molecule has 9 aromatic carbocycles. The van der Waals surface area contributed by atoms with Gasteiger partial charge in [0.25, 0.3) is 0 Å². The minimum atomic E-state index is -4.22. The molecule has 5 nitrogen and oxygen atoms in total. The first-order chi connectivity index (χ1) is 45.4. The van der Waals surface area contributed by atoms with Gasteiger partial charge in [0, 0.05) is 57.3 Å². The lowest BCUT2D eigenvalue weighted by Crippen LogP contribution is -2.06. The summed E-state index contributed by atoms with van der Waals surface area (Å²) < 4.78 is 41.9. The Morgan fingerprint density at radius 2 is 0.844 bits per heavy atom. The Bertz CT molecular complexity index is 4190. The van der Waals surface area contributed by atoms with Crippen LogP contribution >= 0.6 is 82.6 Å². The molecular weight excluding hydrogens is 1460 g/mol. The van der Waals surface area contributed by atoms with Crippen molar-refractivity contribution >= 4 is 82.6 Å². The van der Waals surface area contributed by atoms with Gasteiger partial charge in [-0.3, -0.25) is 4.98 Å². The highest BCUT2D eigenvalue weighted by Gasteiger charge is 2.31. The predicted octanol–water partition coefficient (Wildman–Crippen LogP) is 26.5. The van der Waals surface area contributed by atoms with Crippen LogP contribution in [0, 0.1) is 138 Å². The molecule has 11 rings (SSSR count). The molecule has 0 N–H and O–H groups in total. The molecule has 0 aliphatic heterocycles. The fourth-order valence-corrected chi connectivity index (χ4v) is 11.1. The summed E-state index contributed by atoms with van der Waals surface area (Å²) in [6.07, 6.45) is -2.39. The van der Waals surface area contributed by atoms with Gasteiger partial charge in [-0.15, -0.1) is 0 Å². The van der Waals surface area contributed by atoms with Crippen LogP contribution in [0.2, 0.25) is 15.1 Å². The normalized spacial score (nSPS) is 9.84. The molecule has 0 spiro atoms. The molecule has 2 aromatic heterocycles. The van der Waals surface area contributed by atoms with Crippen LogP contribution < -0.4 is 0 Å². The van der Waals surface area contributed by atoms with Crippen LogP contribution in [0.15, 0.2) is 226 Å². The Labute approximate surface area is 608 Å². The van der Waals surface area contributed by atoms with Gasteiger partial charge in [-0.25, -0.2) is 0 Å². The van der Waals surface area contributed by atoms with Crippen molar-refractivity contribution in [2.45, 2.75) is 110 Å². The quantitative estimate of drug-likeness (QED) is 0.172. The van der Waals surface area contributed by atoms with E-state index in [0.29, 0.717) is 16.1 Å². The molecule has 11 aromatic rings. The fourth-order valence-electron chi connectivity index (χ4n) is 8.69. The predicted molar refractivity (Wildman–Crippen MR) is 409 cm³/mol. The third kappa shape index (κ3) is 27.2. The summed E-state index contributed by atoms with van der Waals surface area (Å²) in [4.78, 5) is 4.35. The number of nitriles is 3. The number of benzene rings is 9. The van der Waals surface area contributed by atoms with Crippen LogP contribution in [0.3, 0.4) is 0 Å². The Balaban J connectivity index is 0.000000283. The third-order valence-corrected chi connectivity index (χ3v) is 18.4. The zero-order valence-corrected chi connectivity index (χ0v) is 63.9. The van der Waals surface area contributed by atoms with Crippen LogP contribution in [0.4, 0.5) is 13.2 Å². The molecule has 496 valence electrons. The van der Waals surface area contributed by atoms with Crippen LogP contribution in [0.25, 0.3) is 16.9 Å². The van der Waals surface area contributed by atoms with Gasteiger partial charge in [0.1, 0.15) is 0 Å². The van der Waals surface area contributed by atoms with E-state index in [9.17, 15) is 13.2 Å². The van der Waals surface area contributed by atoms with Gasteiger partial charge in [0.05, 0.1) is 46.2 Å². The summed E-state index contributed by atoms with van der Waals surface area (Å²) in [5.41, 5.74) is 22.2. The summed E-state index contributed by atoms with van der Waals surface area (Å²) in [7, 11) is 0. The molecule has 0 bridgehead atoms. The second kappa shape index (κ2) is 41.8. The van der Waals surface area contributed by atoms with E-state index in [1.807, 2.05) is 137 Å². The van der Waals surface area contributed by atoms with Crippen molar-refractivity contribution in [1.29, 1.82) is 15.8 Å². The molecule has 0 aliphatic carbocycles. The maximum absolute atomic E-state index is 12.0. The number of halogens is 9. The van der Waals surface area contributed by atoms with Crippen molar-refractivity contribution in [1.82, 2.24) is 9.55 Å². The average Bonchev–Trinajstić information content (AvgIpc) is 1.61. The largest absolute Gasteiger partial charge is 0.416 e. The molecule has 0 saturated heterocycles. The number of nitrogens with zero attached hydrogens (tertiary/aromatic N) is 5. The molecule has 96 heavy (non-hydrogen) atoms. The Morgan fingerprint density at radius 3 is 1.29 bits per heavy atom. The minimum absolute atomic E-state index is 0.264. The van der Waals surface area contributed by atoms with Gasteiger partial charge >= 0.3 is 6.18 Å². The van der Waals surface area contributed by atoms with E-state index in [2.05, 4.69) is 192 Å². The van der Waals surface area contributed by atoms with Gasteiger partial charge in [0.15, 0.2) is 0 Å². The highest BCUT2D eigenvalue weighted by Crippen LogP contribution is 2.32. The van der Waals surface area contributed by atoms with Crippen molar-refractivity contribution in [3.05, 3.63) is 347 Å². The number of aryl methyl sites for hydroxylation is 10. The Morgan fingerprint density at radius 1 is 0.375 bits per heavy atom. The van der Waals surface area contributed by atoms with Crippen LogP contribution in [0.1, 0.15) is 106 Å². The summed E-state index contributed by atoms with van der Waals surface area (Å²) in [5, 5.41) is 27.9. The molecule has 0 fully saturated rings. The SMILES string of the molecule is Cc1c(C#N)cccc1C#N.Cc1cc(Br)cc(Br)c1C.Cc1cc(Cl)cc(Cl)c1C.Cc1cccc(-c2ccccn2)c1C.Cc1cccc(-n2c(C)ccc2C)c1C.Cc1ccccc1Br.Cc1ccccc1C#N.Cc1ccccc1C(F)(F)F.Cc1ccccc1Cl. The van der Waals surface area contributed by atoms with Gasteiger partial charge in [-0.1, -0.05) is 198 Å². The number of aromatic nitrogens is 2. The highest BCUT2D eigenvalue weighted by molar-refractivity contribution is 9.11. The number of hydrogen-bond donors (Lipinski definition) is 0. The van der Waals surface area contributed by atoms with Gasteiger partial charge in [-0.2, -0.15) is 29.0 Å². The number of rotatable bonds is 2. The molecule has 0 aliphatic rings. The van der Waals surface area contributed by atoms with Crippen molar-refractivity contribution < 1.29 is 13.2 Å². The lowest BCUT2D eigenvalue weighted by atomic mass is 10.0. The minimum Gasteiger partial charge on any atom is -0.318 e. The summed E-state index contributed by atoms with van der Waals surface area (Å²) >= 11 is 27.6. The van der Waals surface area contributed by atoms with E-state index in [-0.39, 0.29) is 5.56 Å². The van der Waals surface area contributed by atoms with Crippen LogP contribution in [0.5, 0.6) is 0 Å². The average molecular weight is 1540 g/mol.